The van der Waals surface area contributed by atoms with Crippen LogP contribution in [0.2, 0.25) is 0 Å². The second-order valence-electron chi connectivity index (χ2n) is 3.09. The van der Waals surface area contributed by atoms with Gasteiger partial charge in [-0.15, -0.1) is 0 Å². The Labute approximate surface area is 82.9 Å². The first-order valence-corrected chi connectivity index (χ1v) is 4.49. The smallest absolute Gasteiger partial charge is 0.237 e. The Balaban J connectivity index is 2.37. The summed E-state index contributed by atoms with van der Waals surface area (Å²) >= 11 is 0. The van der Waals surface area contributed by atoms with Crippen molar-refractivity contribution in [3.8, 4) is 0 Å². The molecule has 0 fully saturated rings. The predicted molar refractivity (Wildman–Crippen MR) is 51.6 cm³/mol. The number of nitrogens with zero attached hydrogens (tertiary/aromatic N) is 1. The van der Waals surface area contributed by atoms with E-state index in [0.717, 1.165) is 5.76 Å². The van der Waals surface area contributed by atoms with E-state index in [1.807, 2.05) is 6.92 Å². The van der Waals surface area contributed by atoms with Gasteiger partial charge in [0, 0.05) is 0 Å². The average molecular weight is 197 g/mol. The van der Waals surface area contributed by atoms with Crippen LogP contribution in [0.4, 0.5) is 0 Å². The molecule has 0 saturated carbocycles. The van der Waals surface area contributed by atoms with E-state index in [0.29, 0.717) is 12.4 Å². The van der Waals surface area contributed by atoms with E-state index in [1.54, 1.807) is 20.2 Å². The third kappa shape index (κ3) is 2.85. The van der Waals surface area contributed by atoms with Crippen molar-refractivity contribution in [3.63, 3.8) is 0 Å². The third-order valence-corrected chi connectivity index (χ3v) is 1.91. The van der Waals surface area contributed by atoms with Crippen molar-refractivity contribution in [1.82, 2.24) is 15.6 Å². The van der Waals surface area contributed by atoms with Crippen LogP contribution in [0.3, 0.4) is 0 Å². The molecule has 2 N–H and O–H groups in total. The van der Waals surface area contributed by atoms with Gasteiger partial charge >= 0.3 is 0 Å². The number of nitrogens with one attached hydrogen (secondary N) is 2. The molecule has 1 atom stereocenters. The van der Waals surface area contributed by atoms with Crippen LogP contribution < -0.4 is 10.6 Å². The number of carbonyl (C=O) groups excluding carboxylic acids is 1. The van der Waals surface area contributed by atoms with Crippen LogP contribution in [0.25, 0.3) is 0 Å². The molecule has 5 heteroatoms. The highest BCUT2D eigenvalue weighted by Crippen LogP contribution is 2.00. The van der Waals surface area contributed by atoms with Gasteiger partial charge in [0.1, 0.15) is 5.76 Å². The van der Waals surface area contributed by atoms with Gasteiger partial charge in [-0.2, -0.15) is 0 Å². The SMILES string of the molecule is CNC(C)C(=O)NCc1ncc(C)o1. The highest BCUT2D eigenvalue weighted by atomic mass is 16.4. The summed E-state index contributed by atoms with van der Waals surface area (Å²) in [5.41, 5.74) is 0. The number of carbonyl (C=O) groups is 1. The zero-order valence-electron chi connectivity index (χ0n) is 8.63. The Hall–Kier alpha value is -1.36. The van der Waals surface area contributed by atoms with Crippen molar-refractivity contribution in [2.75, 3.05) is 7.05 Å². The molecule has 0 aliphatic heterocycles. The van der Waals surface area contributed by atoms with Crippen molar-refractivity contribution in [1.29, 1.82) is 0 Å². The Morgan fingerprint density at radius 2 is 2.43 bits per heavy atom. The van der Waals surface area contributed by atoms with Gasteiger partial charge in [0.2, 0.25) is 11.8 Å². The largest absolute Gasteiger partial charge is 0.444 e. The molecule has 0 bridgehead atoms. The molecule has 14 heavy (non-hydrogen) atoms. The first-order valence-electron chi connectivity index (χ1n) is 4.49. The van der Waals surface area contributed by atoms with E-state index < -0.39 is 0 Å². The molecule has 1 amide bonds. The molecule has 78 valence electrons. The zero-order chi connectivity index (χ0) is 10.6. The van der Waals surface area contributed by atoms with Crippen molar-refractivity contribution in [2.24, 2.45) is 0 Å². The molecule has 0 saturated heterocycles. The summed E-state index contributed by atoms with van der Waals surface area (Å²) in [6.07, 6.45) is 1.63. The van der Waals surface area contributed by atoms with E-state index in [9.17, 15) is 4.79 Å². The summed E-state index contributed by atoms with van der Waals surface area (Å²) in [7, 11) is 1.74. The topological polar surface area (TPSA) is 67.2 Å². The maximum atomic E-state index is 11.3. The molecular formula is C9H15N3O2. The molecule has 0 aliphatic carbocycles. The van der Waals surface area contributed by atoms with E-state index in [1.165, 1.54) is 0 Å². The summed E-state index contributed by atoms with van der Waals surface area (Å²) in [6.45, 7) is 3.93. The molecule has 0 aromatic carbocycles. The molecule has 0 aliphatic rings. The third-order valence-electron chi connectivity index (χ3n) is 1.91. The van der Waals surface area contributed by atoms with Gasteiger partial charge in [-0.3, -0.25) is 4.79 Å². The highest BCUT2D eigenvalue weighted by Gasteiger charge is 2.10. The summed E-state index contributed by atoms with van der Waals surface area (Å²) in [6, 6.07) is -0.203. The van der Waals surface area contributed by atoms with Crippen LogP contribution in [0.1, 0.15) is 18.6 Å². The molecule has 1 aromatic heterocycles. The van der Waals surface area contributed by atoms with E-state index in [4.69, 9.17) is 4.42 Å². The van der Waals surface area contributed by atoms with Crippen LogP contribution in [0, 0.1) is 6.92 Å². The summed E-state index contributed by atoms with van der Waals surface area (Å²) in [5, 5.41) is 5.55. The van der Waals surface area contributed by atoms with Crippen LogP contribution in [-0.4, -0.2) is 24.0 Å². The van der Waals surface area contributed by atoms with Crippen LogP contribution in [0.5, 0.6) is 0 Å². The van der Waals surface area contributed by atoms with Crippen molar-refractivity contribution >= 4 is 5.91 Å². The van der Waals surface area contributed by atoms with Crippen LogP contribution >= 0.6 is 0 Å². The summed E-state index contributed by atoms with van der Waals surface area (Å²) in [4.78, 5) is 15.3. The zero-order valence-corrected chi connectivity index (χ0v) is 8.63. The van der Waals surface area contributed by atoms with Gasteiger partial charge in [-0.05, 0) is 20.9 Å². The number of likely N-dealkylation sites (N-methyl/N-ethyl adjacent to an activating group) is 1. The number of aromatic nitrogens is 1. The Bertz CT molecular complexity index is 309. The van der Waals surface area contributed by atoms with E-state index in [2.05, 4.69) is 15.6 Å². The van der Waals surface area contributed by atoms with Crippen molar-refractivity contribution < 1.29 is 9.21 Å². The molecule has 1 aromatic rings. The minimum atomic E-state index is -0.203. The maximum Gasteiger partial charge on any atom is 0.237 e. The Morgan fingerprint density at radius 3 is 2.93 bits per heavy atom. The summed E-state index contributed by atoms with van der Waals surface area (Å²) < 4.78 is 5.20. The number of amides is 1. The molecule has 5 nitrogen and oxygen atoms in total. The maximum absolute atomic E-state index is 11.3. The lowest BCUT2D eigenvalue weighted by Gasteiger charge is -2.08. The second-order valence-corrected chi connectivity index (χ2v) is 3.09. The number of aryl methyl sites for hydroxylation is 1. The van der Waals surface area contributed by atoms with Gasteiger partial charge in [-0.1, -0.05) is 0 Å². The standard InChI is InChI=1S/C9H15N3O2/c1-6-4-11-8(14-6)5-12-9(13)7(2)10-3/h4,7,10H,5H2,1-3H3,(H,12,13). The molecular weight excluding hydrogens is 182 g/mol. The Morgan fingerprint density at radius 1 is 1.71 bits per heavy atom. The number of oxazole rings is 1. The first-order chi connectivity index (χ1) is 6.63. The molecule has 1 unspecified atom stereocenters. The highest BCUT2D eigenvalue weighted by molar-refractivity contribution is 5.81. The van der Waals surface area contributed by atoms with Gasteiger partial charge in [0.25, 0.3) is 0 Å². The fourth-order valence-corrected chi connectivity index (χ4v) is 0.930. The van der Waals surface area contributed by atoms with Crippen molar-refractivity contribution in [3.05, 3.63) is 17.8 Å². The van der Waals surface area contributed by atoms with Crippen molar-refractivity contribution in [2.45, 2.75) is 26.4 Å². The molecule has 0 radical (unpaired) electrons. The van der Waals surface area contributed by atoms with Gasteiger partial charge in [0.15, 0.2) is 0 Å². The van der Waals surface area contributed by atoms with Crippen LogP contribution in [-0.2, 0) is 11.3 Å². The lowest BCUT2D eigenvalue weighted by molar-refractivity contribution is -0.122. The average Bonchev–Trinajstić information content (AvgIpc) is 2.59. The van der Waals surface area contributed by atoms with Gasteiger partial charge in [0.05, 0.1) is 18.8 Å². The lowest BCUT2D eigenvalue weighted by atomic mass is 10.3. The van der Waals surface area contributed by atoms with Gasteiger partial charge in [-0.25, -0.2) is 4.98 Å². The molecule has 1 heterocycles. The van der Waals surface area contributed by atoms with Crippen LogP contribution in [0.15, 0.2) is 10.6 Å². The number of hydrogen-bond acceptors (Lipinski definition) is 4. The summed E-state index contributed by atoms with van der Waals surface area (Å²) in [5.74, 6) is 1.21. The predicted octanol–water partition coefficient (Wildman–Crippen LogP) is 0.207. The second kappa shape index (κ2) is 4.76. The number of hydrogen-bond donors (Lipinski definition) is 2. The monoisotopic (exact) mass is 197 g/mol. The van der Waals surface area contributed by atoms with E-state index in [-0.39, 0.29) is 11.9 Å². The molecule has 1 rings (SSSR count). The quantitative estimate of drug-likeness (QED) is 0.724. The van der Waals surface area contributed by atoms with E-state index >= 15 is 0 Å². The molecule has 0 spiro atoms. The minimum Gasteiger partial charge on any atom is -0.444 e. The minimum absolute atomic E-state index is 0.0663. The van der Waals surface area contributed by atoms with Gasteiger partial charge < -0.3 is 15.1 Å². The fraction of sp³-hybridized carbons (Fsp3) is 0.556. The Kier molecular flexibility index (Phi) is 3.64. The number of rotatable bonds is 4. The normalized spacial score (nSPS) is 12.5. The first kappa shape index (κ1) is 10.7. The lowest BCUT2D eigenvalue weighted by Crippen LogP contribution is -2.40. The fourth-order valence-electron chi connectivity index (χ4n) is 0.930.